The van der Waals surface area contributed by atoms with Gasteiger partial charge in [-0.1, -0.05) is 27.2 Å². The smallest absolute Gasteiger partial charge is 0.276 e. The van der Waals surface area contributed by atoms with Crippen molar-refractivity contribution in [3.63, 3.8) is 0 Å². The second-order valence-electron chi connectivity index (χ2n) is 5.38. The number of nitrogens with one attached hydrogen (secondary N) is 1. The van der Waals surface area contributed by atoms with Crippen LogP contribution in [0.25, 0.3) is 0 Å². The van der Waals surface area contributed by atoms with Gasteiger partial charge in [-0.2, -0.15) is 5.10 Å². The van der Waals surface area contributed by atoms with Gasteiger partial charge in [-0.05, 0) is 18.3 Å². The molecule has 0 spiro atoms. The van der Waals surface area contributed by atoms with Crippen molar-refractivity contribution in [2.24, 2.45) is 11.8 Å². The Kier molecular flexibility index (Phi) is 3.59. The van der Waals surface area contributed by atoms with Crippen molar-refractivity contribution in [1.82, 2.24) is 15.1 Å². The minimum absolute atomic E-state index is 0.0395. The van der Waals surface area contributed by atoms with E-state index in [1.54, 1.807) is 0 Å². The number of carbonyl (C=O) groups excluding carboxylic acids is 1. The number of rotatable bonds is 3. The number of H-pyrrole nitrogens is 1. The summed E-state index contributed by atoms with van der Waals surface area (Å²) in [6.07, 6.45) is 1.82. The zero-order valence-corrected chi connectivity index (χ0v) is 11.4. The van der Waals surface area contributed by atoms with Crippen molar-refractivity contribution in [2.45, 2.75) is 33.6 Å². The van der Waals surface area contributed by atoms with Crippen LogP contribution in [-0.2, 0) is 6.42 Å². The number of aromatic nitrogens is 2. The highest BCUT2D eigenvalue weighted by Gasteiger charge is 2.32. The number of hydrogen-bond acceptors (Lipinski definition) is 3. The molecular formula is C13H22N4O. The molecule has 2 unspecified atom stereocenters. The molecule has 1 fully saturated rings. The van der Waals surface area contributed by atoms with Crippen molar-refractivity contribution in [3.05, 3.63) is 11.4 Å². The first kappa shape index (κ1) is 12.9. The van der Waals surface area contributed by atoms with Crippen LogP contribution in [0.1, 0.15) is 43.4 Å². The van der Waals surface area contributed by atoms with Crippen LogP contribution >= 0.6 is 0 Å². The highest BCUT2D eigenvalue weighted by Crippen LogP contribution is 2.25. The predicted molar refractivity (Wildman–Crippen MR) is 71.2 cm³/mol. The molecule has 1 aliphatic rings. The molecule has 1 aromatic rings. The molecule has 2 heterocycles. The highest BCUT2D eigenvalue weighted by molar-refractivity contribution is 5.97. The molecule has 0 radical (unpaired) electrons. The summed E-state index contributed by atoms with van der Waals surface area (Å²) in [6.45, 7) is 8.03. The molecule has 1 aliphatic heterocycles. The summed E-state index contributed by atoms with van der Waals surface area (Å²) in [5.41, 5.74) is 7.77. The van der Waals surface area contributed by atoms with Gasteiger partial charge < -0.3 is 10.6 Å². The quantitative estimate of drug-likeness (QED) is 0.857. The Balaban J connectivity index is 2.14. The molecule has 2 atom stereocenters. The lowest BCUT2D eigenvalue weighted by Gasteiger charge is -2.14. The van der Waals surface area contributed by atoms with Gasteiger partial charge in [0.15, 0.2) is 5.69 Å². The van der Waals surface area contributed by atoms with Gasteiger partial charge in [-0.25, -0.2) is 0 Å². The molecule has 0 aliphatic carbocycles. The Bertz CT molecular complexity index is 430. The number of aromatic amines is 1. The lowest BCUT2D eigenvalue weighted by Crippen LogP contribution is -2.29. The molecule has 1 amide bonds. The van der Waals surface area contributed by atoms with Crippen LogP contribution in [0.3, 0.4) is 0 Å². The number of nitrogens with zero attached hydrogens (tertiary/aromatic N) is 2. The number of aryl methyl sites for hydroxylation is 1. The molecule has 1 aromatic heterocycles. The van der Waals surface area contributed by atoms with Crippen LogP contribution in [0.5, 0.6) is 0 Å². The van der Waals surface area contributed by atoms with Crippen LogP contribution < -0.4 is 5.73 Å². The first-order valence-corrected chi connectivity index (χ1v) is 6.66. The summed E-state index contributed by atoms with van der Waals surface area (Å²) >= 11 is 0. The second-order valence-corrected chi connectivity index (χ2v) is 5.38. The van der Waals surface area contributed by atoms with E-state index < -0.39 is 0 Å². The van der Waals surface area contributed by atoms with E-state index in [2.05, 4.69) is 31.0 Å². The van der Waals surface area contributed by atoms with Crippen LogP contribution in [0.4, 0.5) is 5.69 Å². The number of anilines is 1. The molecule has 5 nitrogen and oxygen atoms in total. The molecule has 100 valence electrons. The maximum absolute atomic E-state index is 12.3. The normalized spacial score (nSPS) is 23.6. The third kappa shape index (κ3) is 2.21. The average Bonchev–Trinajstić information content (AvgIpc) is 2.85. The van der Waals surface area contributed by atoms with Crippen molar-refractivity contribution < 1.29 is 4.79 Å². The average molecular weight is 250 g/mol. The summed E-state index contributed by atoms with van der Waals surface area (Å²) < 4.78 is 0. The molecule has 0 bridgehead atoms. The zero-order chi connectivity index (χ0) is 13.3. The summed E-state index contributed by atoms with van der Waals surface area (Å²) in [4.78, 5) is 14.2. The summed E-state index contributed by atoms with van der Waals surface area (Å²) in [7, 11) is 0. The minimum atomic E-state index is -0.0395. The van der Waals surface area contributed by atoms with E-state index in [1.807, 2.05) is 4.90 Å². The Labute approximate surface area is 108 Å². The van der Waals surface area contributed by atoms with E-state index in [4.69, 9.17) is 5.73 Å². The third-order valence-corrected chi connectivity index (χ3v) is 3.86. The molecule has 3 N–H and O–H groups in total. The zero-order valence-electron chi connectivity index (χ0n) is 11.4. The summed E-state index contributed by atoms with van der Waals surface area (Å²) in [5.74, 6) is 1.05. The first-order chi connectivity index (χ1) is 8.54. The van der Waals surface area contributed by atoms with Gasteiger partial charge in [0.1, 0.15) is 0 Å². The molecule has 5 heteroatoms. The van der Waals surface area contributed by atoms with Gasteiger partial charge in [-0.15, -0.1) is 0 Å². The van der Waals surface area contributed by atoms with E-state index >= 15 is 0 Å². The van der Waals surface area contributed by atoms with E-state index in [9.17, 15) is 4.79 Å². The summed E-state index contributed by atoms with van der Waals surface area (Å²) in [6, 6.07) is 0. The molecular weight excluding hydrogens is 228 g/mol. The standard InChI is InChI=1S/C13H22N4O/c1-4-5-10-11(14)12(16-15-10)13(18)17-6-8(2)9(3)7-17/h8-9H,4-7,14H2,1-3H3,(H,15,16). The van der Waals surface area contributed by atoms with E-state index in [1.165, 1.54) is 0 Å². The van der Waals surface area contributed by atoms with Gasteiger partial charge in [0, 0.05) is 13.1 Å². The van der Waals surface area contributed by atoms with Crippen LogP contribution in [0, 0.1) is 11.8 Å². The third-order valence-electron chi connectivity index (χ3n) is 3.86. The number of nitrogen functional groups attached to an aromatic ring is 1. The van der Waals surface area contributed by atoms with E-state index in [0.717, 1.165) is 31.6 Å². The van der Waals surface area contributed by atoms with Gasteiger partial charge in [0.05, 0.1) is 11.4 Å². The highest BCUT2D eigenvalue weighted by atomic mass is 16.2. The van der Waals surface area contributed by atoms with Crippen molar-refractivity contribution in [2.75, 3.05) is 18.8 Å². The van der Waals surface area contributed by atoms with Gasteiger partial charge in [0.25, 0.3) is 5.91 Å². The Morgan fingerprint density at radius 1 is 1.44 bits per heavy atom. The van der Waals surface area contributed by atoms with Crippen LogP contribution in [0.2, 0.25) is 0 Å². The molecule has 18 heavy (non-hydrogen) atoms. The number of carbonyl (C=O) groups is 1. The van der Waals surface area contributed by atoms with Gasteiger partial charge >= 0.3 is 0 Å². The fourth-order valence-electron chi connectivity index (χ4n) is 2.44. The monoisotopic (exact) mass is 250 g/mol. The van der Waals surface area contributed by atoms with Crippen LogP contribution in [0.15, 0.2) is 0 Å². The maximum Gasteiger partial charge on any atom is 0.276 e. The predicted octanol–water partition coefficient (Wildman–Crippen LogP) is 1.67. The fourth-order valence-corrected chi connectivity index (χ4v) is 2.44. The molecule has 0 saturated carbocycles. The molecule has 1 saturated heterocycles. The summed E-state index contributed by atoms with van der Waals surface area (Å²) in [5, 5.41) is 6.97. The largest absolute Gasteiger partial charge is 0.395 e. The molecule has 2 rings (SSSR count). The Morgan fingerprint density at radius 3 is 2.61 bits per heavy atom. The van der Waals surface area contributed by atoms with E-state index in [0.29, 0.717) is 23.2 Å². The SMILES string of the molecule is CCCc1[nH]nc(C(=O)N2CC(C)C(C)C2)c1N. The lowest BCUT2D eigenvalue weighted by molar-refractivity contribution is 0.0780. The van der Waals surface area contributed by atoms with E-state index in [-0.39, 0.29) is 5.91 Å². The number of nitrogens with two attached hydrogens (primary N) is 1. The van der Waals surface area contributed by atoms with Crippen molar-refractivity contribution in [1.29, 1.82) is 0 Å². The van der Waals surface area contributed by atoms with Gasteiger partial charge in [0.2, 0.25) is 0 Å². The van der Waals surface area contributed by atoms with Crippen molar-refractivity contribution >= 4 is 11.6 Å². The van der Waals surface area contributed by atoms with Crippen molar-refractivity contribution in [3.8, 4) is 0 Å². The number of amides is 1. The second kappa shape index (κ2) is 5.00. The fraction of sp³-hybridized carbons (Fsp3) is 0.692. The lowest BCUT2D eigenvalue weighted by atomic mass is 10.0. The first-order valence-electron chi connectivity index (χ1n) is 6.66. The maximum atomic E-state index is 12.3. The molecule has 0 aromatic carbocycles. The minimum Gasteiger partial charge on any atom is -0.395 e. The number of likely N-dealkylation sites (tertiary alicyclic amines) is 1. The Morgan fingerprint density at radius 2 is 2.06 bits per heavy atom. The number of hydrogen-bond donors (Lipinski definition) is 2. The van der Waals surface area contributed by atoms with Crippen LogP contribution in [-0.4, -0.2) is 34.1 Å². The Hall–Kier alpha value is -1.52. The topological polar surface area (TPSA) is 75.0 Å². The van der Waals surface area contributed by atoms with Gasteiger partial charge in [-0.3, -0.25) is 9.89 Å².